The summed E-state index contributed by atoms with van der Waals surface area (Å²) in [5, 5.41) is 0. The summed E-state index contributed by atoms with van der Waals surface area (Å²) in [5.41, 5.74) is 14.7. The summed E-state index contributed by atoms with van der Waals surface area (Å²) in [6.45, 7) is 20.2. The average Bonchev–Trinajstić information content (AvgIpc) is 2.96. The number of rotatable bonds is 8. The highest BCUT2D eigenvalue weighted by atomic mass is 16.1. The highest BCUT2D eigenvalue weighted by molar-refractivity contribution is 6.10. The van der Waals surface area contributed by atoms with Gasteiger partial charge >= 0.3 is 0 Å². The molecule has 2 aromatic rings. The molecule has 3 heterocycles. The lowest BCUT2D eigenvalue weighted by atomic mass is 9.99. The minimum absolute atomic E-state index is 0.0869. The largest absolute Gasteiger partial charge is 0.404 e. The fraction of sp³-hybridized carbons (Fsp3) is 0.353. The van der Waals surface area contributed by atoms with Gasteiger partial charge in [0.15, 0.2) is 0 Å². The van der Waals surface area contributed by atoms with E-state index in [9.17, 15) is 4.79 Å². The molecule has 2 aromatic heterocycles. The van der Waals surface area contributed by atoms with Gasteiger partial charge in [0.1, 0.15) is 5.82 Å². The topological polar surface area (TPSA) is 89.4 Å². The molecule has 7 nitrogen and oxygen atoms in total. The molecule has 1 aliphatic heterocycles. The van der Waals surface area contributed by atoms with Crippen molar-refractivity contribution < 1.29 is 0 Å². The number of hydrogen-bond acceptors (Lipinski definition) is 6. The first-order valence-electron chi connectivity index (χ1n) is 14.1. The van der Waals surface area contributed by atoms with E-state index >= 15 is 0 Å². The van der Waals surface area contributed by atoms with Crippen LogP contribution in [0.3, 0.4) is 0 Å². The zero-order valence-electron chi connectivity index (χ0n) is 26.0. The van der Waals surface area contributed by atoms with E-state index in [2.05, 4.69) is 41.4 Å². The van der Waals surface area contributed by atoms with Crippen molar-refractivity contribution in [2.45, 2.75) is 67.9 Å². The molecule has 1 aliphatic rings. The van der Waals surface area contributed by atoms with E-state index in [-0.39, 0.29) is 5.56 Å². The van der Waals surface area contributed by atoms with Gasteiger partial charge < -0.3 is 10.6 Å². The fourth-order valence-electron chi connectivity index (χ4n) is 4.21. The molecule has 0 fully saturated rings. The van der Waals surface area contributed by atoms with Crippen LogP contribution in [0.1, 0.15) is 77.5 Å². The molecular weight excluding hydrogens is 508 g/mol. The van der Waals surface area contributed by atoms with Crippen LogP contribution in [-0.4, -0.2) is 32.2 Å². The van der Waals surface area contributed by atoms with E-state index in [1.165, 1.54) is 12.5 Å². The SMILES string of the molecule is C=C(/C(C)=C(/C)c1nccc(=O)n1C)N1CCc2ncc(/C(C=NC(/C=C\C=C/C)=C(C)C)=C/N)cc2C1.CCC. The zero-order chi connectivity index (χ0) is 30.5. The number of nitrogens with two attached hydrogens (primary N) is 1. The van der Waals surface area contributed by atoms with E-state index < -0.39 is 0 Å². The monoisotopic (exact) mass is 554 g/mol. The second kappa shape index (κ2) is 16.1. The summed E-state index contributed by atoms with van der Waals surface area (Å²) < 4.78 is 1.56. The van der Waals surface area contributed by atoms with E-state index in [1.807, 2.05) is 65.1 Å². The highest BCUT2D eigenvalue weighted by Gasteiger charge is 2.21. The molecule has 2 N–H and O–H groups in total. The normalized spacial score (nSPS) is 14.1. The fourth-order valence-corrected chi connectivity index (χ4v) is 4.21. The predicted octanol–water partition coefficient (Wildman–Crippen LogP) is 6.75. The molecular formula is C34H46N6O. The number of aliphatic imine (C=N–C) groups is 1. The number of pyridine rings is 1. The number of nitrogens with zero attached hydrogens (tertiary/aromatic N) is 5. The third-order valence-electron chi connectivity index (χ3n) is 6.74. The molecule has 41 heavy (non-hydrogen) atoms. The number of allylic oxidation sites excluding steroid dienone is 8. The van der Waals surface area contributed by atoms with Crippen LogP contribution in [0.2, 0.25) is 0 Å². The second-order valence-corrected chi connectivity index (χ2v) is 10.2. The lowest BCUT2D eigenvalue weighted by Gasteiger charge is -2.33. The smallest absolute Gasteiger partial charge is 0.253 e. The molecule has 3 rings (SSSR count). The number of hydrogen-bond donors (Lipinski definition) is 1. The van der Waals surface area contributed by atoms with Gasteiger partial charge in [0.05, 0.1) is 5.70 Å². The maximum absolute atomic E-state index is 12.1. The van der Waals surface area contributed by atoms with E-state index in [1.54, 1.807) is 30.2 Å². The molecule has 0 aromatic carbocycles. The standard InChI is InChI=1S/C31H38N6O.C3H8/c1-8-9-10-11-28(21(2)3)34-19-27(17-32)25-16-26-20-37(15-13-29(26)35-18-25)24(6)22(4)23(5)31-33-14-12-30(38)36(31)7;1-3-2/h8-12,14,16-19H,6,13,15,20,32H2,1-5,7H3;3H2,1-2H3/b9-8-,11-10-,23-22-,27-17+,34-19?;. The van der Waals surface area contributed by atoms with Crippen molar-refractivity contribution in [3.05, 3.63) is 117 Å². The third-order valence-corrected chi connectivity index (χ3v) is 6.74. The zero-order valence-corrected chi connectivity index (χ0v) is 26.0. The first-order valence-corrected chi connectivity index (χ1v) is 14.1. The van der Waals surface area contributed by atoms with Crippen LogP contribution in [0.15, 0.2) is 93.9 Å². The Morgan fingerprint density at radius 2 is 1.88 bits per heavy atom. The first kappa shape index (κ1) is 32.9. The van der Waals surface area contributed by atoms with Gasteiger partial charge in [-0.2, -0.15) is 0 Å². The van der Waals surface area contributed by atoms with Gasteiger partial charge in [0.25, 0.3) is 5.56 Å². The summed E-state index contributed by atoms with van der Waals surface area (Å²) in [7, 11) is 1.74. The van der Waals surface area contributed by atoms with E-state index in [0.29, 0.717) is 12.4 Å². The van der Waals surface area contributed by atoms with Crippen LogP contribution < -0.4 is 11.3 Å². The van der Waals surface area contributed by atoms with Crippen molar-refractivity contribution in [2.24, 2.45) is 17.8 Å². The van der Waals surface area contributed by atoms with Crippen LogP contribution in [-0.2, 0) is 20.0 Å². The van der Waals surface area contributed by atoms with Gasteiger partial charge in [-0.1, -0.05) is 50.6 Å². The van der Waals surface area contributed by atoms with Crippen LogP contribution in [0.25, 0.3) is 11.1 Å². The Morgan fingerprint density at radius 3 is 2.51 bits per heavy atom. The molecule has 0 aliphatic carbocycles. The maximum Gasteiger partial charge on any atom is 0.253 e. The highest BCUT2D eigenvalue weighted by Crippen LogP contribution is 2.28. The van der Waals surface area contributed by atoms with Crippen molar-refractivity contribution in [1.29, 1.82) is 0 Å². The molecule has 0 atom stereocenters. The molecule has 0 saturated heterocycles. The van der Waals surface area contributed by atoms with Crippen molar-refractivity contribution in [2.75, 3.05) is 6.54 Å². The Bertz CT molecular complexity index is 1460. The number of aromatic nitrogens is 3. The van der Waals surface area contributed by atoms with Crippen LogP contribution in [0.5, 0.6) is 0 Å². The van der Waals surface area contributed by atoms with Crippen molar-refractivity contribution >= 4 is 17.4 Å². The Balaban J connectivity index is 0.00000187. The van der Waals surface area contributed by atoms with Crippen molar-refractivity contribution in [3.63, 3.8) is 0 Å². The minimum atomic E-state index is -0.0869. The summed E-state index contributed by atoms with van der Waals surface area (Å²) >= 11 is 0. The van der Waals surface area contributed by atoms with Crippen LogP contribution in [0, 0.1) is 0 Å². The van der Waals surface area contributed by atoms with E-state index in [4.69, 9.17) is 10.7 Å². The van der Waals surface area contributed by atoms with Crippen LogP contribution >= 0.6 is 0 Å². The average molecular weight is 555 g/mol. The summed E-state index contributed by atoms with van der Waals surface area (Å²) in [6, 6.07) is 3.60. The first-order chi connectivity index (χ1) is 19.6. The maximum atomic E-state index is 12.1. The Labute approximate surface area is 245 Å². The molecule has 0 spiro atoms. The summed E-state index contributed by atoms with van der Waals surface area (Å²) in [6.07, 6.45) is 16.7. The third kappa shape index (κ3) is 8.87. The minimum Gasteiger partial charge on any atom is -0.404 e. The second-order valence-electron chi connectivity index (χ2n) is 10.2. The van der Waals surface area contributed by atoms with Gasteiger partial charge in [0, 0.05) is 80.0 Å². The van der Waals surface area contributed by atoms with Crippen LogP contribution in [0.4, 0.5) is 0 Å². The Morgan fingerprint density at radius 1 is 1.17 bits per heavy atom. The Hall–Kier alpha value is -4.26. The summed E-state index contributed by atoms with van der Waals surface area (Å²) in [5.74, 6) is 0.644. The lowest BCUT2D eigenvalue weighted by Crippen LogP contribution is -2.31. The van der Waals surface area contributed by atoms with Gasteiger partial charge in [-0.3, -0.25) is 19.3 Å². The molecule has 0 amide bonds. The van der Waals surface area contributed by atoms with E-state index in [0.717, 1.165) is 63.5 Å². The molecule has 0 bridgehead atoms. The molecule has 0 unspecified atom stereocenters. The molecule has 218 valence electrons. The lowest BCUT2D eigenvalue weighted by molar-refractivity contribution is 0.326. The van der Waals surface area contributed by atoms with Gasteiger partial charge in [-0.05, 0) is 63.5 Å². The van der Waals surface area contributed by atoms with Crippen molar-refractivity contribution in [1.82, 2.24) is 19.4 Å². The van der Waals surface area contributed by atoms with Crippen molar-refractivity contribution in [3.8, 4) is 0 Å². The van der Waals surface area contributed by atoms with Gasteiger partial charge in [-0.25, -0.2) is 4.98 Å². The van der Waals surface area contributed by atoms with Gasteiger partial charge in [-0.15, -0.1) is 0 Å². The summed E-state index contributed by atoms with van der Waals surface area (Å²) in [4.78, 5) is 28.2. The quantitative estimate of drug-likeness (QED) is 0.288. The molecule has 7 heteroatoms. The predicted molar refractivity (Wildman–Crippen MR) is 174 cm³/mol. The Kier molecular flexibility index (Phi) is 12.9. The van der Waals surface area contributed by atoms with Gasteiger partial charge in [0.2, 0.25) is 0 Å². The number of fused-ring (bicyclic) bond motifs is 1. The molecule has 0 radical (unpaired) electrons. The molecule has 0 saturated carbocycles.